The minimum absolute atomic E-state index is 0.0696. The first-order valence-corrected chi connectivity index (χ1v) is 12.5. The SMILES string of the molecule is O=C1CCC(N2Cc3c(cccc3N3CC4(CCN(C(=O)Cc5ncccn5)CC4)C3)C2=O)C(=O)N1. The molecule has 10 heteroatoms. The quantitative estimate of drug-likeness (QED) is 0.636. The van der Waals surface area contributed by atoms with Crippen molar-refractivity contribution in [1.29, 1.82) is 0 Å². The Morgan fingerprint density at radius 1 is 1.06 bits per heavy atom. The Kier molecular flexibility index (Phi) is 5.46. The highest BCUT2D eigenvalue weighted by Crippen LogP contribution is 2.45. The van der Waals surface area contributed by atoms with E-state index in [9.17, 15) is 19.2 Å². The number of nitrogens with one attached hydrogen (secondary N) is 1. The summed E-state index contributed by atoms with van der Waals surface area (Å²) in [5, 5.41) is 2.36. The molecular formula is C26H28N6O4. The van der Waals surface area contributed by atoms with Gasteiger partial charge in [-0.1, -0.05) is 6.07 Å². The first kappa shape index (κ1) is 22.6. The molecule has 2 aromatic rings. The van der Waals surface area contributed by atoms with Crippen molar-refractivity contribution in [3.05, 3.63) is 53.6 Å². The summed E-state index contributed by atoms with van der Waals surface area (Å²) in [6.45, 7) is 3.62. The smallest absolute Gasteiger partial charge is 0.255 e. The Labute approximate surface area is 208 Å². The lowest BCUT2D eigenvalue weighted by Gasteiger charge is -2.55. The predicted molar refractivity (Wildman–Crippen MR) is 129 cm³/mol. The minimum Gasteiger partial charge on any atom is -0.370 e. The van der Waals surface area contributed by atoms with Crippen LogP contribution in [0.5, 0.6) is 0 Å². The van der Waals surface area contributed by atoms with Crippen LogP contribution in [0.15, 0.2) is 36.7 Å². The zero-order chi connectivity index (χ0) is 24.9. The van der Waals surface area contributed by atoms with Gasteiger partial charge in [-0.05, 0) is 37.5 Å². The minimum atomic E-state index is -0.610. The van der Waals surface area contributed by atoms with E-state index in [0.29, 0.717) is 24.4 Å². The fourth-order valence-corrected chi connectivity index (χ4v) is 6.01. The van der Waals surface area contributed by atoms with Crippen LogP contribution in [-0.2, 0) is 27.3 Å². The number of aromatic nitrogens is 2. The van der Waals surface area contributed by atoms with Gasteiger partial charge in [-0.3, -0.25) is 24.5 Å². The van der Waals surface area contributed by atoms with Gasteiger partial charge in [0, 0.05) is 73.8 Å². The summed E-state index contributed by atoms with van der Waals surface area (Å²) < 4.78 is 0. The lowest BCUT2D eigenvalue weighted by molar-refractivity contribution is -0.137. The van der Waals surface area contributed by atoms with E-state index in [1.54, 1.807) is 23.4 Å². The Morgan fingerprint density at radius 3 is 2.53 bits per heavy atom. The maximum atomic E-state index is 13.1. The van der Waals surface area contributed by atoms with Crippen LogP contribution >= 0.6 is 0 Å². The third-order valence-electron chi connectivity index (χ3n) is 8.06. The number of hydrogen-bond donors (Lipinski definition) is 1. The molecule has 1 atom stereocenters. The second-order valence-corrected chi connectivity index (χ2v) is 10.3. The van der Waals surface area contributed by atoms with Crippen LogP contribution in [0.3, 0.4) is 0 Å². The molecule has 1 aromatic heterocycles. The van der Waals surface area contributed by atoms with Crippen molar-refractivity contribution in [2.45, 2.75) is 44.7 Å². The monoisotopic (exact) mass is 488 g/mol. The van der Waals surface area contributed by atoms with Gasteiger partial charge < -0.3 is 14.7 Å². The van der Waals surface area contributed by atoms with Gasteiger partial charge in [-0.2, -0.15) is 0 Å². The van der Waals surface area contributed by atoms with E-state index in [2.05, 4.69) is 20.2 Å². The number of imide groups is 1. The van der Waals surface area contributed by atoms with Gasteiger partial charge in [0.2, 0.25) is 17.7 Å². The van der Waals surface area contributed by atoms with Crippen molar-refractivity contribution in [2.24, 2.45) is 5.41 Å². The normalized spacial score (nSPS) is 22.9. The molecule has 4 amide bonds. The first-order valence-electron chi connectivity index (χ1n) is 12.5. The number of rotatable bonds is 4. The number of fused-ring (bicyclic) bond motifs is 1. The van der Waals surface area contributed by atoms with Crippen molar-refractivity contribution < 1.29 is 19.2 Å². The molecule has 3 saturated heterocycles. The fraction of sp³-hybridized carbons (Fsp3) is 0.462. The van der Waals surface area contributed by atoms with Crippen LogP contribution < -0.4 is 10.2 Å². The van der Waals surface area contributed by atoms with Crippen molar-refractivity contribution in [2.75, 3.05) is 31.1 Å². The Hall–Kier alpha value is -3.82. The lowest BCUT2D eigenvalue weighted by Crippen LogP contribution is -2.61. The van der Waals surface area contributed by atoms with Crippen molar-refractivity contribution in [3.8, 4) is 0 Å². The maximum Gasteiger partial charge on any atom is 0.255 e. The Balaban J connectivity index is 1.09. The molecule has 1 aromatic carbocycles. The van der Waals surface area contributed by atoms with E-state index in [-0.39, 0.29) is 36.0 Å². The van der Waals surface area contributed by atoms with Crippen LogP contribution in [0.2, 0.25) is 0 Å². The van der Waals surface area contributed by atoms with Crippen LogP contribution in [-0.4, -0.2) is 75.6 Å². The molecule has 3 fully saturated rings. The largest absolute Gasteiger partial charge is 0.370 e. The fourth-order valence-electron chi connectivity index (χ4n) is 6.01. The third kappa shape index (κ3) is 3.90. The number of piperidine rings is 2. The van der Waals surface area contributed by atoms with Crippen LogP contribution in [0, 0.1) is 5.41 Å². The van der Waals surface area contributed by atoms with Crippen LogP contribution in [0.4, 0.5) is 5.69 Å². The molecule has 0 saturated carbocycles. The number of anilines is 1. The number of carbonyl (C=O) groups is 4. The molecule has 36 heavy (non-hydrogen) atoms. The number of amides is 4. The van der Waals surface area contributed by atoms with E-state index in [1.807, 2.05) is 23.1 Å². The van der Waals surface area contributed by atoms with E-state index in [0.717, 1.165) is 50.3 Å². The van der Waals surface area contributed by atoms with Crippen molar-refractivity contribution in [3.63, 3.8) is 0 Å². The predicted octanol–water partition coefficient (Wildman–Crippen LogP) is 0.909. The number of likely N-dealkylation sites (tertiary alicyclic amines) is 1. The number of hydrogen-bond acceptors (Lipinski definition) is 7. The molecule has 0 aliphatic carbocycles. The van der Waals surface area contributed by atoms with E-state index < -0.39 is 11.9 Å². The van der Waals surface area contributed by atoms with E-state index >= 15 is 0 Å². The number of carbonyl (C=O) groups excluding carboxylic acids is 4. The van der Waals surface area contributed by atoms with Crippen molar-refractivity contribution in [1.82, 2.24) is 25.1 Å². The summed E-state index contributed by atoms with van der Waals surface area (Å²) in [4.78, 5) is 63.9. The van der Waals surface area contributed by atoms with Gasteiger partial charge in [-0.25, -0.2) is 9.97 Å². The summed E-state index contributed by atoms with van der Waals surface area (Å²) in [5.41, 5.74) is 2.81. The average Bonchev–Trinajstić information content (AvgIpc) is 3.19. The molecule has 0 radical (unpaired) electrons. The molecule has 4 aliphatic heterocycles. The topological polar surface area (TPSA) is 116 Å². The summed E-state index contributed by atoms with van der Waals surface area (Å²) >= 11 is 0. The van der Waals surface area contributed by atoms with Crippen molar-refractivity contribution >= 4 is 29.3 Å². The zero-order valence-corrected chi connectivity index (χ0v) is 20.0. The molecule has 186 valence electrons. The second-order valence-electron chi connectivity index (χ2n) is 10.3. The Morgan fingerprint density at radius 2 is 1.81 bits per heavy atom. The first-order chi connectivity index (χ1) is 17.4. The van der Waals surface area contributed by atoms with Gasteiger partial charge in [0.1, 0.15) is 11.9 Å². The van der Waals surface area contributed by atoms with Crippen LogP contribution in [0.1, 0.15) is 47.4 Å². The van der Waals surface area contributed by atoms with Gasteiger partial charge in [0.05, 0.1) is 6.42 Å². The zero-order valence-electron chi connectivity index (χ0n) is 20.0. The molecule has 10 nitrogen and oxygen atoms in total. The molecule has 0 bridgehead atoms. The standard InChI is InChI=1S/C26H28N6O4/c33-22-6-5-20(24(35)29-22)32-14-18-17(25(32)36)3-1-4-19(18)31-15-26(16-31)7-11-30(12-8-26)23(34)13-21-27-9-2-10-28-21/h1-4,9-10,20H,5-8,11-16H2,(H,29,33,35). The summed E-state index contributed by atoms with van der Waals surface area (Å²) in [6, 6.07) is 6.90. The van der Waals surface area contributed by atoms with Gasteiger partial charge in [0.25, 0.3) is 5.91 Å². The highest BCUT2D eigenvalue weighted by atomic mass is 16.2. The molecular weight excluding hydrogens is 460 g/mol. The molecule has 5 heterocycles. The van der Waals surface area contributed by atoms with E-state index in [4.69, 9.17) is 0 Å². The highest BCUT2D eigenvalue weighted by molar-refractivity contribution is 6.06. The van der Waals surface area contributed by atoms with Gasteiger partial charge in [-0.15, -0.1) is 0 Å². The molecule has 1 unspecified atom stereocenters. The third-order valence-corrected chi connectivity index (χ3v) is 8.06. The molecule has 4 aliphatic rings. The lowest BCUT2D eigenvalue weighted by atomic mass is 9.71. The second kappa shape index (κ2) is 8.69. The van der Waals surface area contributed by atoms with Crippen LogP contribution in [0.25, 0.3) is 0 Å². The van der Waals surface area contributed by atoms with E-state index in [1.165, 1.54) is 0 Å². The molecule has 1 N–H and O–H groups in total. The highest BCUT2D eigenvalue weighted by Gasteiger charge is 2.47. The average molecular weight is 489 g/mol. The Bertz CT molecular complexity index is 1230. The maximum absolute atomic E-state index is 13.1. The summed E-state index contributed by atoms with van der Waals surface area (Å²) in [6.07, 6.45) is 6.04. The number of nitrogens with zero attached hydrogens (tertiary/aromatic N) is 5. The summed E-state index contributed by atoms with van der Waals surface area (Å²) in [7, 11) is 0. The van der Waals surface area contributed by atoms with Gasteiger partial charge >= 0.3 is 0 Å². The summed E-state index contributed by atoms with van der Waals surface area (Å²) in [5.74, 6) is -0.201. The molecule has 6 rings (SSSR count). The molecule has 1 spiro atoms. The number of benzene rings is 1. The van der Waals surface area contributed by atoms with Gasteiger partial charge in [0.15, 0.2) is 0 Å².